The normalized spacial score (nSPS) is 13.6. The summed E-state index contributed by atoms with van der Waals surface area (Å²) in [6.07, 6.45) is 69.5. The smallest absolute Gasteiger partial charge is 0.462 e. The molecule has 10 heteroatoms. The van der Waals surface area contributed by atoms with Crippen molar-refractivity contribution < 1.29 is 37.6 Å². The fraction of sp³-hybridized carbons (Fsp3) is 0.763. The summed E-state index contributed by atoms with van der Waals surface area (Å²) in [5.41, 5.74) is 5.38. The van der Waals surface area contributed by atoms with Gasteiger partial charge in [-0.1, -0.05) is 234 Å². The van der Waals surface area contributed by atoms with E-state index < -0.39 is 26.5 Å². The average molecular weight is 988 g/mol. The third-order valence-corrected chi connectivity index (χ3v) is 13.1. The molecule has 0 saturated heterocycles. The number of phosphoric ester groups is 1. The third kappa shape index (κ3) is 54.6. The van der Waals surface area contributed by atoms with E-state index in [0.29, 0.717) is 6.42 Å². The lowest BCUT2D eigenvalue weighted by Gasteiger charge is -2.19. The van der Waals surface area contributed by atoms with Crippen LogP contribution in [0.2, 0.25) is 0 Å². The summed E-state index contributed by atoms with van der Waals surface area (Å²) in [6.45, 7) is 3.64. The summed E-state index contributed by atoms with van der Waals surface area (Å²) in [4.78, 5) is 35.2. The van der Waals surface area contributed by atoms with E-state index in [1.807, 2.05) is 0 Å². The molecule has 69 heavy (non-hydrogen) atoms. The van der Waals surface area contributed by atoms with Gasteiger partial charge in [-0.25, -0.2) is 4.57 Å². The van der Waals surface area contributed by atoms with Crippen LogP contribution in [0.3, 0.4) is 0 Å². The molecule has 0 heterocycles. The Bertz CT molecular complexity index is 1360. The van der Waals surface area contributed by atoms with Crippen LogP contribution in [-0.2, 0) is 32.7 Å². The first-order valence-electron chi connectivity index (χ1n) is 28.4. The van der Waals surface area contributed by atoms with Gasteiger partial charge in [-0.3, -0.25) is 18.6 Å². The lowest BCUT2D eigenvalue weighted by molar-refractivity contribution is -0.161. The van der Waals surface area contributed by atoms with Gasteiger partial charge < -0.3 is 20.1 Å². The number of carbonyl (C=O) groups is 2. The topological polar surface area (TPSA) is 134 Å². The fourth-order valence-corrected chi connectivity index (χ4v) is 8.66. The SMILES string of the molecule is CC/C=C\C/C=C\C/C=C\C/C=C\CCCCCCCCCCCCCCC(=O)OC(COC(=O)CCCCCCCCCCCCC/C=C\C/C=C\CCCCCCC)COP(=O)(O)OCCN. The Kier molecular flexibility index (Phi) is 52.8. The lowest BCUT2D eigenvalue weighted by atomic mass is 10.0. The van der Waals surface area contributed by atoms with Crippen LogP contribution in [0.4, 0.5) is 0 Å². The van der Waals surface area contributed by atoms with E-state index in [-0.39, 0.29) is 38.6 Å². The molecule has 0 aromatic carbocycles. The standard InChI is InChI=1S/C59H106NO8P/c1-3-5-7-9-11-13-15-17-19-21-23-25-27-28-30-32-34-36-38-40-42-44-46-48-50-52-59(62)68-57(56-67-69(63,64)66-54-53-60)55-65-58(61)51-49-47-45-43-41-39-37-35-33-31-29-26-24-22-20-18-16-14-12-10-8-6-4-2/h5,7,11,13,16-19,22-25,57H,3-4,6,8-10,12,14-15,20-21,26-56,60H2,1-2H3,(H,63,64)/b7-5-,13-11-,18-16-,19-17-,24-22-,25-23-. The van der Waals surface area contributed by atoms with Gasteiger partial charge in [0.1, 0.15) is 6.61 Å². The van der Waals surface area contributed by atoms with Crippen molar-refractivity contribution in [2.75, 3.05) is 26.4 Å². The maximum atomic E-state index is 12.7. The molecule has 0 aliphatic rings. The van der Waals surface area contributed by atoms with E-state index in [4.69, 9.17) is 24.3 Å². The van der Waals surface area contributed by atoms with Crippen LogP contribution in [-0.4, -0.2) is 49.3 Å². The highest BCUT2D eigenvalue weighted by molar-refractivity contribution is 7.47. The van der Waals surface area contributed by atoms with E-state index in [2.05, 4.69) is 86.8 Å². The van der Waals surface area contributed by atoms with Crippen LogP contribution in [0.5, 0.6) is 0 Å². The number of ether oxygens (including phenoxy) is 2. The second-order valence-corrected chi connectivity index (χ2v) is 20.2. The van der Waals surface area contributed by atoms with Crippen molar-refractivity contribution in [1.82, 2.24) is 0 Å². The van der Waals surface area contributed by atoms with Crippen LogP contribution in [0.25, 0.3) is 0 Å². The molecule has 0 bridgehead atoms. The molecule has 400 valence electrons. The van der Waals surface area contributed by atoms with Crippen molar-refractivity contribution in [3.63, 3.8) is 0 Å². The summed E-state index contributed by atoms with van der Waals surface area (Å²) in [6, 6.07) is 0. The molecule has 0 aromatic heterocycles. The predicted molar refractivity (Wildman–Crippen MR) is 293 cm³/mol. The molecule has 0 aliphatic heterocycles. The van der Waals surface area contributed by atoms with Crippen molar-refractivity contribution in [3.05, 3.63) is 72.9 Å². The van der Waals surface area contributed by atoms with E-state index in [9.17, 15) is 19.0 Å². The minimum atomic E-state index is -4.39. The van der Waals surface area contributed by atoms with Crippen molar-refractivity contribution >= 4 is 19.8 Å². The number of phosphoric acid groups is 1. The molecular weight excluding hydrogens is 882 g/mol. The van der Waals surface area contributed by atoms with Gasteiger partial charge in [-0.05, 0) is 83.5 Å². The van der Waals surface area contributed by atoms with Gasteiger partial charge >= 0.3 is 19.8 Å². The molecular formula is C59H106NO8P. The summed E-state index contributed by atoms with van der Waals surface area (Å²) in [7, 11) is -4.39. The van der Waals surface area contributed by atoms with Gasteiger partial charge in [0.2, 0.25) is 0 Å². The number of unbranched alkanes of at least 4 members (excludes halogenated alkanes) is 28. The molecule has 0 rings (SSSR count). The molecule has 9 nitrogen and oxygen atoms in total. The summed E-state index contributed by atoms with van der Waals surface area (Å²) >= 11 is 0. The van der Waals surface area contributed by atoms with Gasteiger partial charge in [0.15, 0.2) is 6.10 Å². The fourth-order valence-electron chi connectivity index (χ4n) is 7.89. The predicted octanol–water partition coefficient (Wildman–Crippen LogP) is 17.7. The Morgan fingerprint density at radius 1 is 0.449 bits per heavy atom. The van der Waals surface area contributed by atoms with Crippen molar-refractivity contribution in [2.45, 2.75) is 264 Å². The molecule has 3 N–H and O–H groups in total. The molecule has 0 aromatic rings. The Morgan fingerprint density at radius 2 is 0.797 bits per heavy atom. The molecule has 2 atom stereocenters. The Labute approximate surface area is 424 Å². The Balaban J connectivity index is 3.99. The molecule has 0 saturated carbocycles. The summed E-state index contributed by atoms with van der Waals surface area (Å²) in [5, 5.41) is 0. The highest BCUT2D eigenvalue weighted by Crippen LogP contribution is 2.43. The largest absolute Gasteiger partial charge is 0.472 e. The molecule has 0 spiro atoms. The van der Waals surface area contributed by atoms with Crippen LogP contribution < -0.4 is 5.73 Å². The summed E-state index contributed by atoms with van der Waals surface area (Å²) < 4.78 is 33.0. The van der Waals surface area contributed by atoms with Gasteiger partial charge in [0, 0.05) is 19.4 Å². The zero-order valence-corrected chi connectivity index (χ0v) is 45.4. The number of rotatable bonds is 53. The first kappa shape index (κ1) is 66.5. The number of hydrogen-bond acceptors (Lipinski definition) is 8. The first-order valence-corrected chi connectivity index (χ1v) is 29.9. The third-order valence-electron chi connectivity index (χ3n) is 12.1. The van der Waals surface area contributed by atoms with Crippen molar-refractivity contribution in [1.29, 1.82) is 0 Å². The number of allylic oxidation sites excluding steroid dienone is 12. The molecule has 0 aliphatic carbocycles. The number of carbonyl (C=O) groups excluding carboxylic acids is 2. The lowest BCUT2D eigenvalue weighted by Crippen LogP contribution is -2.29. The maximum absolute atomic E-state index is 12.7. The quantitative estimate of drug-likeness (QED) is 0.0264. The molecule has 0 radical (unpaired) electrons. The summed E-state index contributed by atoms with van der Waals surface area (Å²) in [5.74, 6) is -0.828. The van der Waals surface area contributed by atoms with E-state index in [0.717, 1.165) is 70.6 Å². The van der Waals surface area contributed by atoms with Gasteiger partial charge in [-0.15, -0.1) is 0 Å². The Hall–Kier alpha value is -2.55. The van der Waals surface area contributed by atoms with Crippen LogP contribution in [0.15, 0.2) is 72.9 Å². The van der Waals surface area contributed by atoms with Gasteiger partial charge in [0.25, 0.3) is 0 Å². The maximum Gasteiger partial charge on any atom is 0.472 e. The second-order valence-electron chi connectivity index (χ2n) is 18.8. The minimum absolute atomic E-state index is 0.0507. The van der Waals surface area contributed by atoms with Gasteiger partial charge in [-0.2, -0.15) is 0 Å². The van der Waals surface area contributed by atoms with Crippen LogP contribution >= 0.6 is 7.82 Å². The second kappa shape index (κ2) is 54.8. The molecule has 0 fully saturated rings. The number of esters is 2. The van der Waals surface area contributed by atoms with Crippen LogP contribution in [0.1, 0.15) is 258 Å². The number of hydrogen-bond donors (Lipinski definition) is 2. The van der Waals surface area contributed by atoms with Crippen molar-refractivity contribution in [2.24, 2.45) is 5.73 Å². The zero-order valence-electron chi connectivity index (χ0n) is 44.5. The van der Waals surface area contributed by atoms with Gasteiger partial charge in [0.05, 0.1) is 13.2 Å². The number of nitrogens with two attached hydrogens (primary N) is 1. The van der Waals surface area contributed by atoms with Crippen molar-refractivity contribution in [3.8, 4) is 0 Å². The van der Waals surface area contributed by atoms with Crippen LogP contribution in [0, 0.1) is 0 Å². The molecule has 2 unspecified atom stereocenters. The zero-order chi connectivity index (χ0) is 50.2. The van der Waals surface area contributed by atoms with E-state index in [1.165, 1.54) is 154 Å². The first-order chi connectivity index (χ1) is 33.8. The highest BCUT2D eigenvalue weighted by Gasteiger charge is 2.26. The highest BCUT2D eigenvalue weighted by atomic mass is 31.2. The molecule has 0 amide bonds. The monoisotopic (exact) mass is 988 g/mol. The Morgan fingerprint density at radius 3 is 1.19 bits per heavy atom. The van der Waals surface area contributed by atoms with E-state index in [1.54, 1.807) is 0 Å². The minimum Gasteiger partial charge on any atom is -0.462 e. The van der Waals surface area contributed by atoms with E-state index >= 15 is 0 Å². The average Bonchev–Trinajstić information content (AvgIpc) is 3.34.